The summed E-state index contributed by atoms with van der Waals surface area (Å²) in [6, 6.07) is 16.9. The number of likely N-dealkylation sites (tertiary alicyclic amines) is 2. The number of esters is 1. The van der Waals surface area contributed by atoms with E-state index < -0.39 is 11.7 Å². The molecule has 10 heteroatoms. The van der Waals surface area contributed by atoms with E-state index in [9.17, 15) is 14.7 Å². The first kappa shape index (κ1) is 32.0. The number of aliphatic hydroxyl groups is 1. The molecule has 3 aromatic rings. The second kappa shape index (κ2) is 14.2. The van der Waals surface area contributed by atoms with Gasteiger partial charge < -0.3 is 29.1 Å². The van der Waals surface area contributed by atoms with Crippen molar-refractivity contribution in [1.29, 1.82) is 0 Å². The Hall–Kier alpha value is -3.92. The Morgan fingerprint density at radius 2 is 1.91 bits per heavy atom. The van der Waals surface area contributed by atoms with E-state index in [4.69, 9.17) is 25.8 Å². The minimum absolute atomic E-state index is 0.272. The van der Waals surface area contributed by atoms with Crippen molar-refractivity contribution in [3.63, 3.8) is 0 Å². The summed E-state index contributed by atoms with van der Waals surface area (Å²) in [5.74, 6) is 0.481. The predicted octanol–water partition coefficient (Wildman–Crippen LogP) is 6.21. The van der Waals surface area contributed by atoms with Crippen LogP contribution in [0.3, 0.4) is 0 Å². The average Bonchev–Trinajstić information content (AvgIpc) is 3.23. The van der Waals surface area contributed by atoms with Crippen LogP contribution in [0.1, 0.15) is 61.4 Å². The number of halogens is 1. The molecule has 0 saturated carbocycles. The van der Waals surface area contributed by atoms with Crippen molar-refractivity contribution in [2.75, 3.05) is 39.3 Å². The summed E-state index contributed by atoms with van der Waals surface area (Å²) < 4.78 is 17.2. The normalized spacial score (nSPS) is 20.2. The lowest BCUT2D eigenvalue weighted by Crippen LogP contribution is -2.44. The highest BCUT2D eigenvalue weighted by Crippen LogP contribution is 2.39. The van der Waals surface area contributed by atoms with E-state index in [1.807, 2.05) is 48.5 Å². The third-order valence-corrected chi connectivity index (χ3v) is 9.40. The number of benzene rings is 2. The van der Waals surface area contributed by atoms with Gasteiger partial charge in [-0.05, 0) is 86.6 Å². The molecule has 6 rings (SSSR count). The van der Waals surface area contributed by atoms with Gasteiger partial charge in [0.15, 0.2) is 0 Å². The Balaban J connectivity index is 1.16. The zero-order valence-electron chi connectivity index (χ0n) is 26.1. The lowest BCUT2D eigenvalue weighted by Gasteiger charge is -2.38. The van der Waals surface area contributed by atoms with E-state index in [1.165, 1.54) is 0 Å². The average molecular weight is 646 g/mol. The number of fused-ring (bicyclic) bond motifs is 2. The quantitative estimate of drug-likeness (QED) is 0.303. The maximum absolute atomic E-state index is 13.2. The summed E-state index contributed by atoms with van der Waals surface area (Å²) in [5.41, 5.74) is 3.69. The molecule has 242 valence electrons. The van der Waals surface area contributed by atoms with Crippen molar-refractivity contribution in [3.05, 3.63) is 94.3 Å². The van der Waals surface area contributed by atoms with Crippen LogP contribution in [-0.2, 0) is 21.7 Å². The molecule has 1 atom stereocenters. The molecule has 2 fully saturated rings. The number of nitrogens with zero attached hydrogens (tertiary/aromatic N) is 3. The van der Waals surface area contributed by atoms with E-state index in [1.54, 1.807) is 24.1 Å². The lowest BCUT2D eigenvalue weighted by molar-refractivity contribution is -0.149. The fourth-order valence-electron chi connectivity index (χ4n) is 6.57. The molecule has 0 radical (unpaired) electrons. The van der Waals surface area contributed by atoms with Crippen molar-refractivity contribution < 1.29 is 28.9 Å². The van der Waals surface area contributed by atoms with Crippen molar-refractivity contribution in [3.8, 4) is 11.5 Å². The Morgan fingerprint density at radius 3 is 2.70 bits per heavy atom. The molecular formula is C36H40ClN3O6. The van der Waals surface area contributed by atoms with Gasteiger partial charge >= 0.3 is 12.1 Å². The number of amides is 1. The number of carbonyl (C=O) groups is 2. The van der Waals surface area contributed by atoms with E-state index in [0.717, 1.165) is 54.0 Å². The second-order valence-electron chi connectivity index (χ2n) is 12.1. The third-order valence-electron chi connectivity index (χ3n) is 9.15. The van der Waals surface area contributed by atoms with Gasteiger partial charge in [-0.2, -0.15) is 0 Å². The highest BCUT2D eigenvalue weighted by molar-refractivity contribution is 6.30. The molecule has 1 N–H and O–H groups in total. The molecule has 9 nitrogen and oxygen atoms in total. The first-order valence-corrected chi connectivity index (χ1v) is 16.5. The van der Waals surface area contributed by atoms with Crippen LogP contribution in [0.25, 0.3) is 5.57 Å². The van der Waals surface area contributed by atoms with Crippen molar-refractivity contribution in [2.45, 2.75) is 51.2 Å². The predicted molar refractivity (Wildman–Crippen MR) is 175 cm³/mol. The number of rotatable bonds is 7. The van der Waals surface area contributed by atoms with Crippen LogP contribution in [0, 0.1) is 5.92 Å². The number of piperidine rings is 2. The summed E-state index contributed by atoms with van der Waals surface area (Å²) in [6.45, 7) is 5.64. The molecule has 0 aliphatic carbocycles. The SMILES string of the molecule is CCOC(=O)[C@@H]1CCCN(C(=O)Oc2ccc3c(c2)/C(=C/CCN2CCC(O)(c4ccc(Cl)cc4)CC2)c2cccnc2CO3)C1. The standard InChI is InChI=1S/C36H40ClN3O6/c1-2-44-34(41)25-6-4-19-40(23-25)35(42)46-28-13-14-33-31(22-28)29(30-7-3-17-38-32(30)24-45-33)8-5-18-39-20-15-36(43,16-21-39)26-9-11-27(37)12-10-26/h3,7-14,17,22,25,43H,2,4-6,15-16,18-21,23-24H2,1H3/b29-8+/t25-/m1/s1. The van der Waals surface area contributed by atoms with Gasteiger partial charge in [0.05, 0.1) is 23.8 Å². The molecule has 4 heterocycles. The van der Waals surface area contributed by atoms with Gasteiger partial charge in [0, 0.05) is 55.1 Å². The van der Waals surface area contributed by atoms with Crippen LogP contribution in [0.2, 0.25) is 5.02 Å². The van der Waals surface area contributed by atoms with Gasteiger partial charge in [0.25, 0.3) is 0 Å². The van der Waals surface area contributed by atoms with Crippen LogP contribution in [0.4, 0.5) is 4.79 Å². The van der Waals surface area contributed by atoms with Crippen molar-refractivity contribution >= 4 is 29.2 Å². The van der Waals surface area contributed by atoms with Gasteiger partial charge in [-0.15, -0.1) is 0 Å². The number of pyridine rings is 1. The summed E-state index contributed by atoms with van der Waals surface area (Å²) in [4.78, 5) is 34.0. The number of carbonyl (C=O) groups excluding carboxylic acids is 2. The zero-order chi connectivity index (χ0) is 32.1. The van der Waals surface area contributed by atoms with Crippen LogP contribution < -0.4 is 9.47 Å². The zero-order valence-corrected chi connectivity index (χ0v) is 26.9. The molecule has 3 aliphatic rings. The highest BCUT2D eigenvalue weighted by Gasteiger charge is 2.34. The number of hydrogen-bond acceptors (Lipinski definition) is 8. The maximum Gasteiger partial charge on any atom is 0.415 e. The topological polar surface area (TPSA) is 101 Å². The molecule has 1 aromatic heterocycles. The van der Waals surface area contributed by atoms with Crippen molar-refractivity contribution in [2.24, 2.45) is 5.92 Å². The Bertz CT molecular complexity index is 1580. The van der Waals surface area contributed by atoms with Crippen LogP contribution in [0.5, 0.6) is 11.5 Å². The molecule has 3 aliphatic heterocycles. The first-order valence-electron chi connectivity index (χ1n) is 16.1. The minimum atomic E-state index is -0.844. The first-order chi connectivity index (χ1) is 22.3. The number of ether oxygens (including phenoxy) is 3. The number of hydrogen-bond donors (Lipinski definition) is 1. The lowest BCUT2D eigenvalue weighted by atomic mass is 9.84. The highest BCUT2D eigenvalue weighted by atomic mass is 35.5. The van der Waals surface area contributed by atoms with E-state index >= 15 is 0 Å². The van der Waals surface area contributed by atoms with E-state index in [0.29, 0.717) is 62.0 Å². The van der Waals surface area contributed by atoms with Gasteiger partial charge in [0.2, 0.25) is 0 Å². The summed E-state index contributed by atoms with van der Waals surface area (Å²) >= 11 is 6.05. The summed E-state index contributed by atoms with van der Waals surface area (Å²) in [5, 5.41) is 12.0. The molecule has 0 spiro atoms. The largest absolute Gasteiger partial charge is 0.487 e. The monoisotopic (exact) mass is 645 g/mol. The van der Waals surface area contributed by atoms with Crippen LogP contribution in [0.15, 0.2) is 66.9 Å². The van der Waals surface area contributed by atoms with Crippen molar-refractivity contribution in [1.82, 2.24) is 14.8 Å². The summed E-state index contributed by atoms with van der Waals surface area (Å²) in [6.07, 6.45) is 6.97. The van der Waals surface area contributed by atoms with Gasteiger partial charge in [-0.3, -0.25) is 9.78 Å². The number of aromatic nitrogens is 1. The van der Waals surface area contributed by atoms with Gasteiger partial charge in [0.1, 0.15) is 18.1 Å². The smallest absolute Gasteiger partial charge is 0.415 e. The van der Waals surface area contributed by atoms with E-state index in [-0.39, 0.29) is 18.4 Å². The fraction of sp³-hybridized carbons (Fsp3) is 0.417. The van der Waals surface area contributed by atoms with Gasteiger partial charge in [-0.1, -0.05) is 35.9 Å². The fourth-order valence-corrected chi connectivity index (χ4v) is 6.69. The summed E-state index contributed by atoms with van der Waals surface area (Å²) in [7, 11) is 0. The molecule has 1 amide bonds. The molecule has 0 bridgehead atoms. The minimum Gasteiger partial charge on any atom is -0.487 e. The maximum atomic E-state index is 13.2. The second-order valence-corrected chi connectivity index (χ2v) is 12.6. The molecule has 2 saturated heterocycles. The Morgan fingerprint density at radius 1 is 1.11 bits per heavy atom. The molecule has 46 heavy (non-hydrogen) atoms. The van der Waals surface area contributed by atoms with E-state index in [2.05, 4.69) is 16.0 Å². The van der Waals surface area contributed by atoms with Gasteiger partial charge in [-0.25, -0.2) is 4.79 Å². The van der Waals surface area contributed by atoms with Crippen LogP contribution in [-0.4, -0.2) is 71.3 Å². The Labute approximate surface area is 274 Å². The molecule has 2 aromatic carbocycles. The van der Waals surface area contributed by atoms with Crippen LogP contribution >= 0.6 is 11.6 Å². The molecule has 0 unspecified atom stereocenters. The third kappa shape index (κ3) is 7.22. The Kier molecular flexibility index (Phi) is 9.92. The molecular weight excluding hydrogens is 606 g/mol.